The zero-order valence-electron chi connectivity index (χ0n) is 24.4. The summed E-state index contributed by atoms with van der Waals surface area (Å²) in [5, 5.41) is 0. The van der Waals surface area contributed by atoms with Crippen LogP contribution in [0.5, 0.6) is 0 Å². The van der Waals surface area contributed by atoms with Crippen LogP contribution in [-0.4, -0.2) is 36.2 Å². The Morgan fingerprint density at radius 1 is 1.05 bits per heavy atom. The molecule has 0 aromatic rings. The molecule has 2 fully saturated rings. The average Bonchev–Trinajstić information content (AvgIpc) is 3.07. The summed E-state index contributed by atoms with van der Waals surface area (Å²) in [4.78, 5) is 37.1. The van der Waals surface area contributed by atoms with Gasteiger partial charge in [0.25, 0.3) is 0 Å². The van der Waals surface area contributed by atoms with Crippen LogP contribution < -0.4 is 0 Å². The van der Waals surface area contributed by atoms with Crippen molar-refractivity contribution < 1.29 is 28.6 Å². The largest absolute Gasteiger partial charge is 0.465 e. The van der Waals surface area contributed by atoms with Gasteiger partial charge in [0.05, 0.1) is 0 Å². The fourth-order valence-electron chi connectivity index (χ4n) is 9.68. The van der Waals surface area contributed by atoms with Gasteiger partial charge in [-0.15, -0.1) is 0 Å². The molecule has 0 spiro atoms. The van der Waals surface area contributed by atoms with Crippen LogP contribution in [-0.2, 0) is 28.6 Å². The van der Waals surface area contributed by atoms with Gasteiger partial charge in [-0.1, -0.05) is 38.0 Å². The third kappa shape index (κ3) is 3.99. The third-order valence-electron chi connectivity index (χ3n) is 11.9. The highest BCUT2D eigenvalue weighted by Crippen LogP contribution is 2.71. The lowest BCUT2D eigenvalue weighted by atomic mass is 9.46. The maximum Gasteiger partial charge on any atom is 0.333 e. The van der Waals surface area contributed by atoms with Crippen LogP contribution >= 0.6 is 0 Å². The monoisotopic (exact) mass is 526 g/mol. The molecular weight excluding hydrogens is 480 g/mol. The van der Waals surface area contributed by atoms with Crippen LogP contribution in [0.25, 0.3) is 0 Å². The third-order valence-corrected chi connectivity index (χ3v) is 11.9. The Labute approximate surface area is 227 Å². The second kappa shape index (κ2) is 9.23. The highest BCUT2D eigenvalue weighted by molar-refractivity contribution is 5.88. The molecule has 0 unspecified atom stereocenters. The summed E-state index contributed by atoms with van der Waals surface area (Å²) < 4.78 is 17.7. The molecule has 5 rings (SSSR count). The summed E-state index contributed by atoms with van der Waals surface area (Å²) in [6.45, 7) is 14.9. The SMILES string of the molecule is CC(=O)OC[C@]12CCC(=O)OC(C)(C)[C@@H]1CCC1=C2CC[C@]2(C)[C@@H]([C@H](C)[C@H]3CC=C(C)C(=O)O3)CC[C@@]12C. The van der Waals surface area contributed by atoms with E-state index in [9.17, 15) is 14.4 Å². The minimum absolute atomic E-state index is 0.0272. The molecule has 1 saturated carbocycles. The summed E-state index contributed by atoms with van der Waals surface area (Å²) in [6.07, 6.45) is 9.96. The van der Waals surface area contributed by atoms with Gasteiger partial charge < -0.3 is 14.2 Å². The van der Waals surface area contributed by atoms with Gasteiger partial charge in [0, 0.05) is 36.7 Å². The first-order valence-corrected chi connectivity index (χ1v) is 14.7. The van der Waals surface area contributed by atoms with E-state index < -0.39 is 5.60 Å². The topological polar surface area (TPSA) is 78.9 Å². The van der Waals surface area contributed by atoms with Crippen molar-refractivity contribution in [1.29, 1.82) is 0 Å². The summed E-state index contributed by atoms with van der Waals surface area (Å²) in [7, 11) is 0. The van der Waals surface area contributed by atoms with E-state index in [1.165, 1.54) is 12.5 Å². The van der Waals surface area contributed by atoms with Crippen LogP contribution in [0.15, 0.2) is 22.8 Å². The number of esters is 3. The van der Waals surface area contributed by atoms with E-state index in [-0.39, 0.29) is 52.1 Å². The van der Waals surface area contributed by atoms with Gasteiger partial charge in [-0.05, 0) is 88.4 Å². The average molecular weight is 527 g/mol. The van der Waals surface area contributed by atoms with Crippen LogP contribution in [0.3, 0.4) is 0 Å². The van der Waals surface area contributed by atoms with Crippen molar-refractivity contribution in [3.05, 3.63) is 22.8 Å². The first-order chi connectivity index (χ1) is 17.7. The van der Waals surface area contributed by atoms with Gasteiger partial charge in [0.1, 0.15) is 18.3 Å². The summed E-state index contributed by atoms with van der Waals surface area (Å²) in [5.74, 6) is 0.261. The number of carbonyl (C=O) groups excluding carboxylic acids is 3. The van der Waals surface area contributed by atoms with Crippen molar-refractivity contribution in [3.63, 3.8) is 0 Å². The van der Waals surface area contributed by atoms with Crippen molar-refractivity contribution in [1.82, 2.24) is 0 Å². The molecule has 1 saturated heterocycles. The maximum absolute atomic E-state index is 12.7. The molecule has 2 heterocycles. The molecule has 6 heteroatoms. The molecule has 38 heavy (non-hydrogen) atoms. The van der Waals surface area contributed by atoms with Crippen LogP contribution in [0, 0.1) is 34.0 Å². The smallest absolute Gasteiger partial charge is 0.333 e. The minimum atomic E-state index is -0.614. The fraction of sp³-hybridized carbons (Fsp3) is 0.781. The quantitative estimate of drug-likeness (QED) is 0.237. The molecule has 2 aliphatic heterocycles. The lowest BCUT2D eigenvalue weighted by Gasteiger charge is -2.59. The predicted octanol–water partition coefficient (Wildman–Crippen LogP) is 6.47. The molecule has 0 radical (unpaired) electrons. The minimum Gasteiger partial charge on any atom is -0.465 e. The van der Waals surface area contributed by atoms with Gasteiger partial charge in [-0.2, -0.15) is 0 Å². The Morgan fingerprint density at radius 3 is 2.47 bits per heavy atom. The van der Waals surface area contributed by atoms with Crippen LogP contribution in [0.4, 0.5) is 0 Å². The fourth-order valence-corrected chi connectivity index (χ4v) is 9.68. The Bertz CT molecular complexity index is 1100. The molecule has 0 amide bonds. The van der Waals surface area contributed by atoms with Crippen LogP contribution in [0.1, 0.15) is 106 Å². The molecule has 0 aromatic heterocycles. The highest BCUT2D eigenvalue weighted by Gasteiger charge is 2.64. The number of fused-ring (bicyclic) bond motifs is 4. The van der Waals surface area contributed by atoms with E-state index in [0.29, 0.717) is 30.9 Å². The van der Waals surface area contributed by atoms with Crippen molar-refractivity contribution in [2.45, 2.75) is 118 Å². The molecule has 5 aliphatic rings. The highest BCUT2D eigenvalue weighted by atomic mass is 16.6. The standard InChI is InChI=1S/C32H46O6/c1-19-8-10-25(37-28(19)35)20(2)22-12-15-31(7)23-9-11-26-29(4,5)38-27(34)14-17-32(26,18-36-21(3)33)24(23)13-16-30(22,31)6/h8,20,22,25-26H,9-18H2,1-7H3/t20-,22+,25+,26-,30+,31-,32-/m0/s1. The molecule has 0 bridgehead atoms. The van der Waals surface area contributed by atoms with E-state index >= 15 is 0 Å². The van der Waals surface area contributed by atoms with E-state index in [0.717, 1.165) is 44.9 Å². The normalized spacial score (nSPS) is 41.0. The molecular formula is C32H46O6. The van der Waals surface area contributed by atoms with E-state index in [1.54, 1.807) is 5.57 Å². The summed E-state index contributed by atoms with van der Waals surface area (Å²) in [6, 6.07) is 0. The molecule has 210 valence electrons. The van der Waals surface area contributed by atoms with Gasteiger partial charge in [-0.25, -0.2) is 4.79 Å². The first-order valence-electron chi connectivity index (χ1n) is 14.7. The number of carbonyl (C=O) groups is 3. The van der Waals surface area contributed by atoms with E-state index in [1.807, 2.05) is 26.8 Å². The molecule has 0 aromatic carbocycles. The van der Waals surface area contributed by atoms with E-state index in [4.69, 9.17) is 14.2 Å². The Hall–Kier alpha value is -2.11. The van der Waals surface area contributed by atoms with E-state index in [2.05, 4.69) is 20.8 Å². The number of hydrogen-bond acceptors (Lipinski definition) is 6. The summed E-state index contributed by atoms with van der Waals surface area (Å²) >= 11 is 0. The number of allylic oxidation sites excluding steroid dienone is 1. The number of ether oxygens (including phenoxy) is 3. The second-order valence-electron chi connectivity index (χ2n) is 13.9. The van der Waals surface area contributed by atoms with Gasteiger partial charge in [0.15, 0.2) is 0 Å². The molecule has 6 nitrogen and oxygen atoms in total. The number of cyclic esters (lactones) is 2. The number of hydrogen-bond donors (Lipinski definition) is 0. The molecule has 7 atom stereocenters. The van der Waals surface area contributed by atoms with Crippen molar-refractivity contribution >= 4 is 17.9 Å². The van der Waals surface area contributed by atoms with Crippen LogP contribution in [0.2, 0.25) is 0 Å². The molecule has 3 aliphatic carbocycles. The maximum atomic E-state index is 12.7. The summed E-state index contributed by atoms with van der Waals surface area (Å²) in [5.41, 5.74) is 2.84. The molecule has 0 N–H and O–H groups in total. The van der Waals surface area contributed by atoms with Gasteiger partial charge in [-0.3, -0.25) is 9.59 Å². The Kier molecular flexibility index (Phi) is 6.67. The number of rotatable bonds is 4. The zero-order valence-corrected chi connectivity index (χ0v) is 24.4. The lowest BCUT2D eigenvalue weighted by molar-refractivity contribution is -0.165. The van der Waals surface area contributed by atoms with Gasteiger partial charge in [0.2, 0.25) is 0 Å². The van der Waals surface area contributed by atoms with Gasteiger partial charge >= 0.3 is 17.9 Å². The van der Waals surface area contributed by atoms with Crippen molar-refractivity contribution in [2.24, 2.45) is 34.0 Å². The van der Waals surface area contributed by atoms with Crippen molar-refractivity contribution in [3.8, 4) is 0 Å². The second-order valence-corrected chi connectivity index (χ2v) is 13.9. The Morgan fingerprint density at radius 2 is 1.79 bits per heavy atom. The lowest BCUT2D eigenvalue weighted by Crippen LogP contribution is -2.54. The Balaban J connectivity index is 1.54. The van der Waals surface area contributed by atoms with Crippen molar-refractivity contribution in [2.75, 3.05) is 6.61 Å². The predicted molar refractivity (Wildman–Crippen MR) is 144 cm³/mol. The zero-order chi connectivity index (χ0) is 27.7. The first kappa shape index (κ1) is 27.5.